The van der Waals surface area contributed by atoms with Crippen LogP contribution in [0, 0.1) is 0 Å². The lowest BCUT2D eigenvalue weighted by Gasteiger charge is -2.07. The minimum atomic E-state index is -0.360. The second-order valence-corrected chi connectivity index (χ2v) is 4.53. The molecule has 0 aliphatic rings. The Labute approximate surface area is 101 Å². The van der Waals surface area contributed by atoms with Crippen molar-refractivity contribution in [3.8, 4) is 0 Å². The van der Waals surface area contributed by atoms with Crippen LogP contribution in [-0.4, -0.2) is 24.5 Å². The molecular weight excluding hydrogens is 220 g/mol. The van der Waals surface area contributed by atoms with Crippen molar-refractivity contribution in [3.63, 3.8) is 0 Å². The lowest BCUT2D eigenvalue weighted by Crippen LogP contribution is -2.20. The minimum absolute atomic E-state index is 0.360. The topological polar surface area (TPSA) is 55.1 Å². The zero-order chi connectivity index (χ0) is 11.8. The fourth-order valence-electron chi connectivity index (χ4n) is 1.48. The molecule has 0 heterocycles. The SMILES string of the molecule is CSCCCNCc1ccccc1C(N)=O. The predicted molar refractivity (Wildman–Crippen MR) is 69.7 cm³/mol. The molecule has 1 amide bonds. The number of hydrogen-bond donors (Lipinski definition) is 2. The van der Waals surface area contributed by atoms with Gasteiger partial charge in [-0.25, -0.2) is 0 Å². The normalized spacial score (nSPS) is 10.3. The maximum Gasteiger partial charge on any atom is 0.249 e. The van der Waals surface area contributed by atoms with Crippen molar-refractivity contribution in [1.82, 2.24) is 5.32 Å². The first-order chi connectivity index (χ1) is 7.75. The molecule has 0 radical (unpaired) electrons. The van der Waals surface area contributed by atoms with Crippen LogP contribution < -0.4 is 11.1 Å². The van der Waals surface area contributed by atoms with Gasteiger partial charge in [0, 0.05) is 12.1 Å². The average molecular weight is 238 g/mol. The standard InChI is InChI=1S/C12H18N2OS/c1-16-8-4-7-14-9-10-5-2-3-6-11(10)12(13)15/h2-3,5-6,14H,4,7-9H2,1H3,(H2,13,15). The third-order valence-corrected chi connectivity index (χ3v) is 3.00. The molecule has 16 heavy (non-hydrogen) atoms. The molecule has 1 aromatic carbocycles. The van der Waals surface area contributed by atoms with E-state index in [0.717, 1.165) is 24.3 Å². The molecule has 1 aromatic rings. The predicted octanol–water partition coefficient (Wildman–Crippen LogP) is 1.63. The van der Waals surface area contributed by atoms with E-state index in [9.17, 15) is 4.79 Å². The first-order valence-electron chi connectivity index (χ1n) is 5.33. The van der Waals surface area contributed by atoms with Gasteiger partial charge in [-0.2, -0.15) is 11.8 Å². The minimum Gasteiger partial charge on any atom is -0.366 e. The second-order valence-electron chi connectivity index (χ2n) is 3.54. The summed E-state index contributed by atoms with van der Waals surface area (Å²) in [5.74, 6) is 0.797. The third-order valence-electron chi connectivity index (χ3n) is 2.30. The number of nitrogens with one attached hydrogen (secondary N) is 1. The van der Waals surface area contributed by atoms with Crippen LogP contribution in [0.25, 0.3) is 0 Å². The number of thioether (sulfide) groups is 1. The van der Waals surface area contributed by atoms with Gasteiger partial charge in [0.05, 0.1) is 0 Å². The highest BCUT2D eigenvalue weighted by Crippen LogP contribution is 2.07. The highest BCUT2D eigenvalue weighted by molar-refractivity contribution is 7.98. The van der Waals surface area contributed by atoms with Crippen molar-refractivity contribution in [3.05, 3.63) is 35.4 Å². The Morgan fingerprint density at radius 2 is 2.19 bits per heavy atom. The quantitative estimate of drug-likeness (QED) is 0.710. The Kier molecular flexibility index (Phi) is 5.96. The summed E-state index contributed by atoms with van der Waals surface area (Å²) < 4.78 is 0. The van der Waals surface area contributed by atoms with Gasteiger partial charge in [0.25, 0.3) is 0 Å². The van der Waals surface area contributed by atoms with Crippen LogP contribution in [0.2, 0.25) is 0 Å². The largest absolute Gasteiger partial charge is 0.366 e. The third kappa shape index (κ3) is 4.24. The van der Waals surface area contributed by atoms with E-state index < -0.39 is 0 Å². The van der Waals surface area contributed by atoms with E-state index in [-0.39, 0.29) is 5.91 Å². The molecule has 0 fully saturated rings. The van der Waals surface area contributed by atoms with Gasteiger partial charge in [0.15, 0.2) is 0 Å². The van der Waals surface area contributed by atoms with Gasteiger partial charge >= 0.3 is 0 Å². The Morgan fingerprint density at radius 3 is 2.88 bits per heavy atom. The lowest BCUT2D eigenvalue weighted by atomic mass is 10.1. The van der Waals surface area contributed by atoms with E-state index in [1.807, 2.05) is 30.0 Å². The van der Waals surface area contributed by atoms with Crippen molar-refractivity contribution < 1.29 is 4.79 Å². The number of rotatable bonds is 7. The zero-order valence-electron chi connectivity index (χ0n) is 9.53. The van der Waals surface area contributed by atoms with E-state index in [4.69, 9.17) is 5.73 Å². The summed E-state index contributed by atoms with van der Waals surface area (Å²) in [6, 6.07) is 7.45. The van der Waals surface area contributed by atoms with E-state index in [2.05, 4.69) is 11.6 Å². The number of carbonyl (C=O) groups excluding carboxylic acids is 1. The number of hydrogen-bond acceptors (Lipinski definition) is 3. The van der Waals surface area contributed by atoms with Crippen LogP contribution in [0.3, 0.4) is 0 Å². The number of carbonyl (C=O) groups is 1. The summed E-state index contributed by atoms with van der Waals surface area (Å²) in [6.45, 7) is 1.67. The lowest BCUT2D eigenvalue weighted by molar-refractivity contribution is 0.0999. The molecule has 4 heteroatoms. The van der Waals surface area contributed by atoms with Gasteiger partial charge in [-0.05, 0) is 36.6 Å². The number of amides is 1. The van der Waals surface area contributed by atoms with Crippen LogP contribution in [0.15, 0.2) is 24.3 Å². The van der Waals surface area contributed by atoms with E-state index in [1.54, 1.807) is 6.07 Å². The van der Waals surface area contributed by atoms with E-state index in [1.165, 1.54) is 0 Å². The van der Waals surface area contributed by atoms with Crippen LogP contribution in [0.1, 0.15) is 22.3 Å². The molecule has 0 atom stereocenters. The molecule has 0 aromatic heterocycles. The summed E-state index contributed by atoms with van der Waals surface area (Å²) in [5, 5.41) is 3.31. The van der Waals surface area contributed by atoms with Crippen LogP contribution in [-0.2, 0) is 6.54 Å². The summed E-state index contributed by atoms with van der Waals surface area (Å²) in [7, 11) is 0. The number of primary amides is 1. The maximum absolute atomic E-state index is 11.1. The highest BCUT2D eigenvalue weighted by atomic mass is 32.2. The molecule has 3 N–H and O–H groups in total. The van der Waals surface area contributed by atoms with Crippen molar-refractivity contribution in [1.29, 1.82) is 0 Å². The molecular formula is C12H18N2OS. The molecule has 0 aliphatic carbocycles. The molecule has 0 aliphatic heterocycles. The Balaban J connectivity index is 2.44. The smallest absolute Gasteiger partial charge is 0.249 e. The molecule has 0 spiro atoms. The fraction of sp³-hybridized carbons (Fsp3) is 0.417. The molecule has 0 bridgehead atoms. The van der Waals surface area contributed by atoms with Crippen LogP contribution in [0.5, 0.6) is 0 Å². The molecule has 1 rings (SSSR count). The van der Waals surface area contributed by atoms with E-state index >= 15 is 0 Å². The first-order valence-corrected chi connectivity index (χ1v) is 6.72. The van der Waals surface area contributed by atoms with Gasteiger partial charge in [0.2, 0.25) is 5.91 Å². The molecule has 0 unspecified atom stereocenters. The maximum atomic E-state index is 11.1. The van der Waals surface area contributed by atoms with Gasteiger partial charge in [0.1, 0.15) is 0 Å². The van der Waals surface area contributed by atoms with Crippen molar-refractivity contribution >= 4 is 17.7 Å². The van der Waals surface area contributed by atoms with Crippen LogP contribution >= 0.6 is 11.8 Å². The fourth-order valence-corrected chi connectivity index (χ4v) is 1.91. The van der Waals surface area contributed by atoms with Crippen molar-refractivity contribution in [2.24, 2.45) is 5.73 Å². The Bertz CT molecular complexity index is 342. The van der Waals surface area contributed by atoms with Crippen molar-refractivity contribution in [2.45, 2.75) is 13.0 Å². The summed E-state index contributed by atoms with van der Waals surface area (Å²) in [5.41, 5.74) is 6.88. The first kappa shape index (κ1) is 13.1. The van der Waals surface area contributed by atoms with Crippen LogP contribution in [0.4, 0.5) is 0 Å². The van der Waals surface area contributed by atoms with Gasteiger partial charge in [-0.15, -0.1) is 0 Å². The Hall–Kier alpha value is -1.00. The van der Waals surface area contributed by atoms with Crippen molar-refractivity contribution in [2.75, 3.05) is 18.6 Å². The zero-order valence-corrected chi connectivity index (χ0v) is 10.3. The van der Waals surface area contributed by atoms with Gasteiger partial charge < -0.3 is 11.1 Å². The number of benzene rings is 1. The van der Waals surface area contributed by atoms with E-state index in [0.29, 0.717) is 12.1 Å². The number of nitrogens with two attached hydrogens (primary N) is 1. The summed E-state index contributed by atoms with van der Waals surface area (Å²) >= 11 is 1.84. The Morgan fingerprint density at radius 1 is 1.44 bits per heavy atom. The average Bonchev–Trinajstić information content (AvgIpc) is 2.29. The van der Waals surface area contributed by atoms with Gasteiger partial charge in [-0.1, -0.05) is 18.2 Å². The molecule has 3 nitrogen and oxygen atoms in total. The monoisotopic (exact) mass is 238 g/mol. The highest BCUT2D eigenvalue weighted by Gasteiger charge is 2.05. The molecule has 88 valence electrons. The molecule has 0 saturated heterocycles. The van der Waals surface area contributed by atoms with Gasteiger partial charge in [-0.3, -0.25) is 4.79 Å². The summed E-state index contributed by atoms with van der Waals surface area (Å²) in [4.78, 5) is 11.1. The molecule has 0 saturated carbocycles. The second kappa shape index (κ2) is 7.30. The summed E-state index contributed by atoms with van der Waals surface area (Å²) in [6.07, 6.45) is 3.24.